The number of anilines is 1. The lowest BCUT2D eigenvalue weighted by molar-refractivity contribution is -0.884. The summed E-state index contributed by atoms with van der Waals surface area (Å²) in [7, 11) is 0. The third-order valence-corrected chi connectivity index (χ3v) is 6.39. The second-order valence-corrected chi connectivity index (χ2v) is 8.23. The minimum absolute atomic E-state index is 0.249. The van der Waals surface area contributed by atoms with E-state index in [-0.39, 0.29) is 17.9 Å². The first-order chi connectivity index (χ1) is 13.9. The van der Waals surface area contributed by atoms with Gasteiger partial charge in [-0.3, -0.25) is 19.3 Å². The van der Waals surface area contributed by atoms with Crippen LogP contribution in [0.1, 0.15) is 28.3 Å². The van der Waals surface area contributed by atoms with Crippen molar-refractivity contribution in [1.29, 1.82) is 0 Å². The van der Waals surface area contributed by atoms with Crippen molar-refractivity contribution in [2.75, 3.05) is 4.90 Å². The summed E-state index contributed by atoms with van der Waals surface area (Å²) in [6.07, 6.45) is 3.82. The molecule has 5 atom stereocenters. The molecular weight excluding hydrogens is 366 g/mol. The second kappa shape index (κ2) is 6.12. The van der Waals surface area contributed by atoms with Gasteiger partial charge >= 0.3 is 0 Å². The molecule has 3 aliphatic rings. The molecule has 6 heteroatoms. The summed E-state index contributed by atoms with van der Waals surface area (Å²) in [6.45, 7) is 3.87. The van der Waals surface area contributed by atoms with Crippen LogP contribution < -0.4 is 15.5 Å². The van der Waals surface area contributed by atoms with E-state index in [9.17, 15) is 14.4 Å². The van der Waals surface area contributed by atoms with E-state index < -0.39 is 23.8 Å². The number of hydrogen-bond donors (Lipinski definition) is 2. The Balaban J connectivity index is 1.66. The molecule has 146 valence electrons. The Hall–Kier alpha value is -3.25. The smallest absolute Gasteiger partial charge is 0.277 e. The number of aryl methyl sites for hydroxylation is 2. The maximum atomic E-state index is 13.6. The number of nitrogens with zero attached hydrogens (tertiary/aromatic N) is 1. The molecule has 5 rings (SSSR count). The Labute approximate surface area is 168 Å². The van der Waals surface area contributed by atoms with Gasteiger partial charge in [0.05, 0.1) is 11.9 Å². The molecule has 0 aromatic heterocycles. The van der Waals surface area contributed by atoms with Crippen molar-refractivity contribution in [3.63, 3.8) is 0 Å². The summed E-state index contributed by atoms with van der Waals surface area (Å²) in [6, 6.07) is 12.4. The Morgan fingerprint density at radius 1 is 1.00 bits per heavy atom. The molecule has 1 unspecified atom stereocenters. The Morgan fingerprint density at radius 2 is 1.66 bits per heavy atom. The second-order valence-electron chi connectivity index (χ2n) is 8.23. The van der Waals surface area contributed by atoms with E-state index in [0.29, 0.717) is 5.69 Å². The van der Waals surface area contributed by atoms with E-state index in [4.69, 9.17) is 5.73 Å². The molecule has 2 fully saturated rings. The lowest BCUT2D eigenvalue weighted by Gasteiger charge is -2.30. The van der Waals surface area contributed by atoms with Gasteiger partial charge in [-0.1, -0.05) is 30.3 Å². The molecule has 2 saturated heterocycles. The Morgan fingerprint density at radius 3 is 2.34 bits per heavy atom. The van der Waals surface area contributed by atoms with E-state index >= 15 is 0 Å². The highest BCUT2D eigenvalue weighted by molar-refractivity contribution is 6.23. The van der Waals surface area contributed by atoms with Gasteiger partial charge < -0.3 is 5.73 Å². The van der Waals surface area contributed by atoms with Gasteiger partial charge in [0.2, 0.25) is 11.8 Å². The number of benzene rings is 2. The average molecular weight is 388 g/mol. The molecule has 3 N–H and O–H groups in total. The molecule has 2 aromatic rings. The summed E-state index contributed by atoms with van der Waals surface area (Å²) in [4.78, 5) is 41.5. The molecule has 2 aromatic carbocycles. The van der Waals surface area contributed by atoms with Gasteiger partial charge in [0, 0.05) is 5.56 Å². The van der Waals surface area contributed by atoms with E-state index in [1.54, 1.807) is 0 Å². The number of quaternary nitrogens is 1. The maximum absolute atomic E-state index is 13.6. The lowest BCUT2D eigenvalue weighted by Crippen LogP contribution is -3.12. The van der Waals surface area contributed by atoms with Crippen molar-refractivity contribution in [1.82, 2.24) is 0 Å². The van der Waals surface area contributed by atoms with Crippen molar-refractivity contribution in [2.45, 2.75) is 25.9 Å². The highest BCUT2D eigenvalue weighted by atomic mass is 16.2. The number of nitrogens with one attached hydrogen (secondary N) is 1. The van der Waals surface area contributed by atoms with Crippen LogP contribution in [0.3, 0.4) is 0 Å². The zero-order valence-corrected chi connectivity index (χ0v) is 16.3. The van der Waals surface area contributed by atoms with Gasteiger partial charge in [-0.05, 0) is 48.7 Å². The van der Waals surface area contributed by atoms with E-state index in [0.717, 1.165) is 27.2 Å². The summed E-state index contributed by atoms with van der Waals surface area (Å²) in [5, 5.41) is 0. The molecule has 0 aliphatic carbocycles. The quantitative estimate of drug-likeness (QED) is 0.750. The van der Waals surface area contributed by atoms with Crippen LogP contribution in [0.5, 0.6) is 0 Å². The SMILES string of the molecule is Cc1cc(C)cc(N2C(=O)[C@@H]3[C@H](C2=O)[C@@H]2c4ccccc4C=C[NH+]2[C@@H]3C(N)=O)c1. The number of rotatable bonds is 2. The number of nitrogens with two attached hydrogens (primary N) is 1. The van der Waals surface area contributed by atoms with Crippen LogP contribution in [0, 0.1) is 25.7 Å². The fraction of sp³-hybridized carbons (Fsp3) is 0.261. The van der Waals surface area contributed by atoms with Gasteiger partial charge in [0.15, 0.2) is 6.04 Å². The number of fused-ring (bicyclic) bond motifs is 5. The van der Waals surface area contributed by atoms with Crippen molar-refractivity contribution >= 4 is 29.5 Å². The summed E-state index contributed by atoms with van der Waals surface area (Å²) in [5.74, 6) is -2.49. The number of hydrogen-bond acceptors (Lipinski definition) is 3. The Bertz CT molecular complexity index is 1090. The van der Waals surface area contributed by atoms with E-state index in [1.807, 2.05) is 68.6 Å². The predicted molar refractivity (Wildman–Crippen MR) is 108 cm³/mol. The van der Waals surface area contributed by atoms with Gasteiger partial charge in [0.1, 0.15) is 17.9 Å². The van der Waals surface area contributed by atoms with Crippen LogP contribution in [0.15, 0.2) is 48.7 Å². The van der Waals surface area contributed by atoms with E-state index in [2.05, 4.69) is 0 Å². The van der Waals surface area contributed by atoms with Gasteiger partial charge in [-0.25, -0.2) is 4.90 Å². The van der Waals surface area contributed by atoms with E-state index in [1.165, 1.54) is 4.90 Å². The highest BCUT2D eigenvalue weighted by Gasteiger charge is 2.67. The fourth-order valence-corrected chi connectivity index (χ4v) is 5.41. The molecule has 0 spiro atoms. The number of carbonyl (C=O) groups is 3. The zero-order valence-electron chi connectivity index (χ0n) is 16.3. The molecule has 29 heavy (non-hydrogen) atoms. The minimum Gasteiger partial charge on any atom is -0.364 e. The number of carbonyl (C=O) groups excluding carboxylic acids is 3. The molecule has 3 aliphatic heterocycles. The first kappa shape index (κ1) is 17.8. The molecule has 0 bridgehead atoms. The van der Waals surface area contributed by atoms with Gasteiger partial charge in [-0.2, -0.15) is 0 Å². The monoisotopic (exact) mass is 388 g/mol. The summed E-state index contributed by atoms with van der Waals surface area (Å²) in [5.41, 5.74) is 10.2. The number of amides is 3. The third kappa shape index (κ3) is 2.42. The maximum Gasteiger partial charge on any atom is 0.277 e. The molecule has 3 heterocycles. The standard InChI is InChI=1S/C23H21N3O3/c1-12-9-13(2)11-15(10-12)26-22(28)17-18(23(26)29)20(21(24)27)25-8-7-14-5-3-4-6-16(14)19(17)25/h3-11,17-20H,1-2H3,(H2,24,27)/p+1/t17-,18+,19-,20-/m0/s1. The van der Waals surface area contributed by atoms with Gasteiger partial charge in [0.25, 0.3) is 5.91 Å². The first-order valence-electron chi connectivity index (χ1n) is 9.77. The van der Waals surface area contributed by atoms with Crippen molar-refractivity contribution in [3.8, 4) is 0 Å². The summed E-state index contributed by atoms with van der Waals surface area (Å²) < 4.78 is 0. The van der Waals surface area contributed by atoms with Crippen LogP contribution in [0.2, 0.25) is 0 Å². The van der Waals surface area contributed by atoms with Crippen LogP contribution in [0.25, 0.3) is 6.08 Å². The van der Waals surface area contributed by atoms with Crippen molar-refractivity contribution in [2.24, 2.45) is 17.6 Å². The molecule has 3 amide bonds. The van der Waals surface area contributed by atoms with Gasteiger partial charge in [-0.15, -0.1) is 0 Å². The van der Waals surface area contributed by atoms with Crippen LogP contribution in [0.4, 0.5) is 5.69 Å². The fourth-order valence-electron chi connectivity index (χ4n) is 5.41. The topological polar surface area (TPSA) is 84.9 Å². The van der Waals surface area contributed by atoms with Crippen LogP contribution in [-0.2, 0) is 14.4 Å². The molecule has 0 radical (unpaired) electrons. The Kier molecular flexibility index (Phi) is 3.76. The molecule has 0 saturated carbocycles. The zero-order chi connectivity index (χ0) is 20.4. The largest absolute Gasteiger partial charge is 0.364 e. The lowest BCUT2D eigenvalue weighted by atomic mass is 9.84. The first-order valence-corrected chi connectivity index (χ1v) is 9.77. The molecule has 6 nitrogen and oxygen atoms in total. The van der Waals surface area contributed by atoms with Crippen molar-refractivity contribution < 1.29 is 19.3 Å². The van der Waals surface area contributed by atoms with Crippen LogP contribution >= 0.6 is 0 Å². The average Bonchev–Trinajstić information content (AvgIpc) is 3.14. The number of imide groups is 1. The number of primary amides is 1. The highest BCUT2D eigenvalue weighted by Crippen LogP contribution is 2.44. The normalized spacial score (nSPS) is 29.6. The van der Waals surface area contributed by atoms with Crippen molar-refractivity contribution in [3.05, 3.63) is 70.9 Å². The summed E-state index contributed by atoms with van der Waals surface area (Å²) >= 11 is 0. The molecular formula is C23H22N3O3+. The van der Waals surface area contributed by atoms with Crippen LogP contribution in [-0.4, -0.2) is 23.8 Å². The third-order valence-electron chi connectivity index (χ3n) is 6.39. The predicted octanol–water partition coefficient (Wildman–Crippen LogP) is 0.887. The minimum atomic E-state index is -0.762.